The van der Waals surface area contributed by atoms with E-state index in [1.54, 1.807) is 4.31 Å². The third-order valence-corrected chi connectivity index (χ3v) is 7.03. The third kappa shape index (κ3) is 3.53. The van der Waals surface area contributed by atoms with Gasteiger partial charge in [0.15, 0.2) is 0 Å². The Morgan fingerprint density at radius 3 is 2.40 bits per heavy atom. The number of sulfonamides is 1. The molecule has 1 saturated carbocycles. The van der Waals surface area contributed by atoms with E-state index in [1.807, 2.05) is 0 Å². The number of nitrogens with zero attached hydrogens (tertiary/aromatic N) is 1. The van der Waals surface area contributed by atoms with Gasteiger partial charge in [-0.15, -0.1) is 0 Å². The molecule has 3 fully saturated rings. The van der Waals surface area contributed by atoms with Crippen molar-refractivity contribution < 1.29 is 13.2 Å². The standard InChI is InChI=1S/C14H26N2O3S/c17-20(18,14-5-8-19-9-6-14)16(10-12-3-4-12)11-13-2-1-7-15-13/h12-15H,1-11H2. The maximum Gasteiger partial charge on any atom is 0.217 e. The Morgan fingerprint density at radius 1 is 1.05 bits per heavy atom. The molecule has 5 nitrogen and oxygen atoms in total. The van der Waals surface area contributed by atoms with Crippen molar-refractivity contribution in [3.63, 3.8) is 0 Å². The van der Waals surface area contributed by atoms with Crippen LogP contribution in [0, 0.1) is 5.92 Å². The highest BCUT2D eigenvalue weighted by atomic mass is 32.2. The molecule has 1 unspecified atom stereocenters. The van der Waals surface area contributed by atoms with Crippen LogP contribution in [0.15, 0.2) is 0 Å². The Hall–Kier alpha value is -0.170. The highest BCUT2D eigenvalue weighted by Crippen LogP contribution is 2.32. The second-order valence-corrected chi connectivity index (χ2v) is 8.62. The molecular weight excluding hydrogens is 276 g/mol. The summed E-state index contributed by atoms with van der Waals surface area (Å²) in [6, 6.07) is 0.350. The first-order valence-corrected chi connectivity index (χ1v) is 9.46. The van der Waals surface area contributed by atoms with Crippen LogP contribution in [0.1, 0.15) is 38.5 Å². The molecule has 0 amide bonds. The van der Waals surface area contributed by atoms with Gasteiger partial charge in [-0.2, -0.15) is 4.31 Å². The molecule has 0 spiro atoms. The van der Waals surface area contributed by atoms with Crippen molar-refractivity contribution in [1.29, 1.82) is 0 Å². The molecular formula is C14H26N2O3S. The predicted octanol–water partition coefficient (Wildman–Crippen LogP) is 0.959. The van der Waals surface area contributed by atoms with Crippen LogP contribution in [0.4, 0.5) is 0 Å². The second kappa shape index (κ2) is 6.30. The predicted molar refractivity (Wildman–Crippen MR) is 78.1 cm³/mol. The Kier molecular flexibility index (Phi) is 4.65. The fourth-order valence-corrected chi connectivity index (χ4v) is 5.23. The molecule has 3 rings (SSSR count). The van der Waals surface area contributed by atoms with Crippen LogP contribution in [0.2, 0.25) is 0 Å². The summed E-state index contributed by atoms with van der Waals surface area (Å²) in [5.74, 6) is 0.603. The Morgan fingerprint density at radius 2 is 1.80 bits per heavy atom. The second-order valence-electron chi connectivity index (χ2n) is 6.41. The van der Waals surface area contributed by atoms with Crippen LogP contribution in [0.25, 0.3) is 0 Å². The van der Waals surface area contributed by atoms with E-state index in [1.165, 1.54) is 19.3 Å². The Labute approximate surface area is 122 Å². The first-order valence-electron chi connectivity index (χ1n) is 7.96. The molecule has 0 bridgehead atoms. The molecule has 0 aromatic heterocycles. The highest BCUT2D eigenvalue weighted by Gasteiger charge is 2.37. The largest absolute Gasteiger partial charge is 0.381 e. The van der Waals surface area contributed by atoms with Crippen molar-refractivity contribution in [3.05, 3.63) is 0 Å². The lowest BCUT2D eigenvalue weighted by Gasteiger charge is -2.31. The molecule has 1 N–H and O–H groups in total. The van der Waals surface area contributed by atoms with E-state index in [-0.39, 0.29) is 5.25 Å². The maximum absolute atomic E-state index is 12.9. The fraction of sp³-hybridized carbons (Fsp3) is 1.00. The van der Waals surface area contributed by atoms with Gasteiger partial charge in [0.1, 0.15) is 0 Å². The smallest absolute Gasteiger partial charge is 0.217 e. The van der Waals surface area contributed by atoms with Crippen molar-refractivity contribution in [1.82, 2.24) is 9.62 Å². The zero-order valence-electron chi connectivity index (χ0n) is 12.1. The monoisotopic (exact) mass is 302 g/mol. The molecule has 1 atom stereocenters. The minimum atomic E-state index is -3.15. The van der Waals surface area contributed by atoms with Crippen molar-refractivity contribution >= 4 is 10.0 Å². The highest BCUT2D eigenvalue weighted by molar-refractivity contribution is 7.89. The lowest BCUT2D eigenvalue weighted by Crippen LogP contribution is -2.47. The van der Waals surface area contributed by atoms with Crippen molar-refractivity contribution in [3.8, 4) is 0 Å². The molecule has 1 aliphatic carbocycles. The van der Waals surface area contributed by atoms with Crippen molar-refractivity contribution in [2.75, 3.05) is 32.8 Å². The normalized spacial score (nSPS) is 29.1. The van der Waals surface area contributed by atoms with Crippen LogP contribution in [0.5, 0.6) is 0 Å². The summed E-state index contributed by atoms with van der Waals surface area (Å²) < 4.78 is 32.9. The average molecular weight is 302 g/mol. The van der Waals surface area contributed by atoms with E-state index in [0.717, 1.165) is 19.5 Å². The van der Waals surface area contributed by atoms with Gasteiger partial charge in [-0.3, -0.25) is 0 Å². The number of hydrogen-bond donors (Lipinski definition) is 1. The molecule has 2 heterocycles. The summed E-state index contributed by atoms with van der Waals surface area (Å²) in [4.78, 5) is 0. The van der Waals surface area contributed by atoms with E-state index in [4.69, 9.17) is 4.74 Å². The molecule has 116 valence electrons. The van der Waals surface area contributed by atoms with Gasteiger partial charge < -0.3 is 10.1 Å². The lowest BCUT2D eigenvalue weighted by atomic mass is 10.2. The van der Waals surface area contributed by atoms with Crippen LogP contribution in [0.3, 0.4) is 0 Å². The van der Waals surface area contributed by atoms with Crippen LogP contribution < -0.4 is 5.32 Å². The van der Waals surface area contributed by atoms with Crippen molar-refractivity contribution in [2.24, 2.45) is 5.92 Å². The topological polar surface area (TPSA) is 58.6 Å². The number of hydrogen-bond acceptors (Lipinski definition) is 4. The van der Waals surface area contributed by atoms with Crippen LogP contribution >= 0.6 is 0 Å². The zero-order chi connectivity index (χ0) is 14.0. The number of rotatable bonds is 6. The molecule has 0 radical (unpaired) electrons. The third-order valence-electron chi connectivity index (χ3n) is 4.69. The molecule has 6 heteroatoms. The van der Waals surface area contributed by atoms with Crippen LogP contribution in [-0.4, -0.2) is 56.9 Å². The zero-order valence-corrected chi connectivity index (χ0v) is 12.9. The fourth-order valence-electron chi connectivity index (χ4n) is 3.21. The first-order chi connectivity index (χ1) is 9.66. The molecule has 3 aliphatic rings. The minimum Gasteiger partial charge on any atom is -0.381 e. The SMILES string of the molecule is O=S(=O)(C1CCOCC1)N(CC1CC1)CC1CCCN1. The van der Waals surface area contributed by atoms with Gasteiger partial charge in [-0.25, -0.2) is 8.42 Å². The summed E-state index contributed by atoms with van der Waals surface area (Å²) >= 11 is 0. The van der Waals surface area contributed by atoms with Gasteiger partial charge in [0.05, 0.1) is 5.25 Å². The molecule has 0 aromatic carbocycles. The van der Waals surface area contributed by atoms with Gasteiger partial charge in [0.25, 0.3) is 0 Å². The van der Waals surface area contributed by atoms with E-state index < -0.39 is 10.0 Å². The van der Waals surface area contributed by atoms with E-state index >= 15 is 0 Å². The maximum atomic E-state index is 12.9. The van der Waals surface area contributed by atoms with Crippen molar-refractivity contribution in [2.45, 2.75) is 49.8 Å². The number of ether oxygens (including phenoxy) is 1. The lowest BCUT2D eigenvalue weighted by molar-refractivity contribution is 0.0970. The van der Waals surface area contributed by atoms with Gasteiger partial charge in [-0.05, 0) is 51.0 Å². The molecule has 0 aromatic rings. The number of nitrogens with one attached hydrogen (secondary N) is 1. The van der Waals surface area contributed by atoms with Crippen LogP contribution in [-0.2, 0) is 14.8 Å². The average Bonchev–Trinajstić information content (AvgIpc) is 3.13. The Balaban J connectivity index is 1.68. The van der Waals surface area contributed by atoms with Gasteiger partial charge >= 0.3 is 0 Å². The van der Waals surface area contributed by atoms with E-state index in [9.17, 15) is 8.42 Å². The van der Waals surface area contributed by atoms with E-state index in [0.29, 0.717) is 44.6 Å². The van der Waals surface area contributed by atoms with Gasteiger partial charge in [-0.1, -0.05) is 0 Å². The Bertz CT molecular complexity index is 410. The summed E-state index contributed by atoms with van der Waals surface area (Å²) in [5, 5.41) is 3.20. The van der Waals surface area contributed by atoms with Gasteiger partial charge in [0, 0.05) is 32.3 Å². The van der Waals surface area contributed by atoms with E-state index in [2.05, 4.69) is 5.32 Å². The quantitative estimate of drug-likeness (QED) is 0.794. The van der Waals surface area contributed by atoms with Gasteiger partial charge in [0.2, 0.25) is 10.0 Å². The summed E-state index contributed by atoms with van der Waals surface area (Å²) in [6.45, 7) is 3.60. The summed E-state index contributed by atoms with van der Waals surface area (Å²) in [6.07, 6.45) is 5.96. The molecule has 20 heavy (non-hydrogen) atoms. The summed E-state index contributed by atoms with van der Waals surface area (Å²) in [7, 11) is -3.15. The molecule has 2 saturated heterocycles. The summed E-state index contributed by atoms with van der Waals surface area (Å²) in [5.41, 5.74) is 0. The first kappa shape index (κ1) is 14.8. The molecule has 2 aliphatic heterocycles. The minimum absolute atomic E-state index is 0.226.